The van der Waals surface area contributed by atoms with Gasteiger partial charge in [-0.25, -0.2) is 0 Å². The zero-order valence-electron chi connectivity index (χ0n) is 12.5. The average molecular weight is 256 g/mol. The molecular weight excluding hydrogens is 230 g/mol. The molecule has 0 saturated heterocycles. The first-order valence-electron chi connectivity index (χ1n) is 7.46. The molecule has 0 amide bonds. The van der Waals surface area contributed by atoms with E-state index in [0.717, 1.165) is 4.48 Å². The van der Waals surface area contributed by atoms with Crippen LogP contribution in [0.1, 0.15) is 32.6 Å². The van der Waals surface area contributed by atoms with Crippen LogP contribution in [-0.2, 0) is 0 Å². The molecule has 102 valence electrons. The molecule has 0 atom stereocenters. The van der Waals surface area contributed by atoms with Crippen LogP contribution in [0.25, 0.3) is 10.8 Å². The maximum Gasteiger partial charge on any atom is 0.140 e. The number of hydrogen-bond donors (Lipinski definition) is 0. The first-order chi connectivity index (χ1) is 9.15. The molecule has 0 spiro atoms. The van der Waals surface area contributed by atoms with Gasteiger partial charge in [0.2, 0.25) is 0 Å². The molecule has 0 aliphatic rings. The second-order valence-corrected chi connectivity index (χ2v) is 5.97. The molecule has 0 bridgehead atoms. The summed E-state index contributed by atoms with van der Waals surface area (Å²) in [4.78, 5) is 0. The van der Waals surface area contributed by atoms with Crippen LogP contribution in [0.4, 0.5) is 5.69 Å². The number of rotatable bonds is 6. The van der Waals surface area contributed by atoms with Crippen molar-refractivity contribution in [3.8, 4) is 0 Å². The topological polar surface area (TPSA) is 0 Å². The van der Waals surface area contributed by atoms with Crippen molar-refractivity contribution in [2.24, 2.45) is 0 Å². The number of quaternary nitrogens is 1. The summed E-state index contributed by atoms with van der Waals surface area (Å²) in [6.07, 6.45) is 5.32. The normalized spacial score (nSPS) is 11.9. The quantitative estimate of drug-likeness (QED) is 0.504. The molecule has 0 aliphatic carbocycles. The van der Waals surface area contributed by atoms with Crippen LogP contribution in [-0.4, -0.2) is 20.6 Å². The van der Waals surface area contributed by atoms with Gasteiger partial charge < -0.3 is 0 Å². The van der Waals surface area contributed by atoms with Crippen molar-refractivity contribution in [2.75, 3.05) is 20.6 Å². The lowest BCUT2D eigenvalue weighted by Crippen LogP contribution is -2.41. The Balaban J connectivity index is 2.22. The van der Waals surface area contributed by atoms with Gasteiger partial charge in [0.25, 0.3) is 0 Å². The van der Waals surface area contributed by atoms with Crippen LogP contribution >= 0.6 is 0 Å². The first kappa shape index (κ1) is 14.1. The molecule has 0 aliphatic heterocycles. The zero-order valence-corrected chi connectivity index (χ0v) is 12.5. The van der Waals surface area contributed by atoms with Crippen molar-refractivity contribution >= 4 is 16.5 Å². The summed E-state index contributed by atoms with van der Waals surface area (Å²) < 4.78 is 0.977. The van der Waals surface area contributed by atoms with Gasteiger partial charge in [-0.3, -0.25) is 4.48 Å². The minimum atomic E-state index is 0.977. The predicted octanol–water partition coefficient (Wildman–Crippen LogP) is 4.99. The van der Waals surface area contributed by atoms with E-state index < -0.39 is 0 Å². The van der Waals surface area contributed by atoms with Crippen LogP contribution in [0.15, 0.2) is 42.5 Å². The maximum absolute atomic E-state index is 2.33. The number of fused-ring (bicyclic) bond motifs is 1. The fourth-order valence-electron chi connectivity index (χ4n) is 2.79. The van der Waals surface area contributed by atoms with Crippen molar-refractivity contribution < 1.29 is 0 Å². The Bertz CT molecular complexity index is 523. The molecule has 0 radical (unpaired) electrons. The third-order valence-electron chi connectivity index (χ3n) is 3.99. The van der Waals surface area contributed by atoms with Gasteiger partial charge in [-0.1, -0.05) is 50.1 Å². The molecule has 0 fully saturated rings. The number of unbranched alkanes of at least 4 members (excludes halogenated alkanes) is 3. The van der Waals surface area contributed by atoms with E-state index in [4.69, 9.17) is 0 Å². The molecule has 0 unspecified atom stereocenters. The smallest absolute Gasteiger partial charge is 0.140 e. The summed E-state index contributed by atoms with van der Waals surface area (Å²) in [6, 6.07) is 15.4. The van der Waals surface area contributed by atoms with E-state index in [1.165, 1.54) is 48.7 Å². The number of hydrogen-bond acceptors (Lipinski definition) is 0. The Morgan fingerprint density at radius 3 is 2.37 bits per heavy atom. The Labute approximate surface area is 117 Å². The van der Waals surface area contributed by atoms with E-state index in [1.54, 1.807) is 0 Å². The Morgan fingerprint density at radius 1 is 0.842 bits per heavy atom. The van der Waals surface area contributed by atoms with Crippen molar-refractivity contribution in [3.05, 3.63) is 42.5 Å². The van der Waals surface area contributed by atoms with E-state index in [2.05, 4.69) is 63.5 Å². The highest BCUT2D eigenvalue weighted by atomic mass is 15.3. The van der Waals surface area contributed by atoms with Crippen molar-refractivity contribution in [1.82, 2.24) is 4.48 Å². The van der Waals surface area contributed by atoms with E-state index in [-0.39, 0.29) is 0 Å². The van der Waals surface area contributed by atoms with Crippen LogP contribution in [0.3, 0.4) is 0 Å². The largest absolute Gasteiger partial charge is 0.295 e. The summed E-state index contributed by atoms with van der Waals surface area (Å²) in [5.74, 6) is 0. The molecule has 0 N–H and O–H groups in total. The Kier molecular flexibility index (Phi) is 4.60. The summed E-state index contributed by atoms with van der Waals surface area (Å²) in [5.41, 5.74) is 1.44. The Hall–Kier alpha value is -1.34. The lowest BCUT2D eigenvalue weighted by molar-refractivity contribution is 0.385. The maximum atomic E-state index is 2.33. The number of nitrogens with zero attached hydrogens (tertiary/aromatic N) is 1. The molecular formula is C18H26N+. The standard InChI is InChI=1S/C18H26N/c1-4-5-6-9-15-19(2,3)18-14-10-12-16-11-7-8-13-17(16)18/h7-8,10-14H,4-6,9,15H2,1-3H3/q+1. The van der Waals surface area contributed by atoms with Gasteiger partial charge in [0, 0.05) is 5.39 Å². The third-order valence-corrected chi connectivity index (χ3v) is 3.99. The minimum absolute atomic E-state index is 0.977. The van der Waals surface area contributed by atoms with E-state index >= 15 is 0 Å². The average Bonchev–Trinajstić information content (AvgIpc) is 2.43. The molecule has 1 heteroatoms. The lowest BCUT2D eigenvalue weighted by atomic mass is 10.1. The third kappa shape index (κ3) is 3.36. The van der Waals surface area contributed by atoms with Gasteiger partial charge in [0.15, 0.2) is 0 Å². The van der Waals surface area contributed by atoms with Gasteiger partial charge in [-0.2, -0.15) is 0 Å². The number of benzene rings is 2. The van der Waals surface area contributed by atoms with Crippen LogP contribution in [0.2, 0.25) is 0 Å². The molecule has 0 heterocycles. The highest BCUT2D eigenvalue weighted by molar-refractivity contribution is 5.93. The zero-order chi connectivity index (χ0) is 13.7. The second kappa shape index (κ2) is 6.21. The molecule has 2 aromatic rings. The monoisotopic (exact) mass is 256 g/mol. The SMILES string of the molecule is CCCCCC[N+](C)(C)c1cccc2ccccc12. The summed E-state index contributed by atoms with van der Waals surface area (Å²) >= 11 is 0. The fraction of sp³-hybridized carbons (Fsp3) is 0.444. The molecule has 2 rings (SSSR count). The predicted molar refractivity (Wildman–Crippen MR) is 86.6 cm³/mol. The summed E-state index contributed by atoms with van der Waals surface area (Å²) in [5, 5.41) is 2.74. The summed E-state index contributed by atoms with van der Waals surface area (Å²) in [6.45, 7) is 3.48. The highest BCUT2D eigenvalue weighted by Gasteiger charge is 2.20. The lowest BCUT2D eigenvalue weighted by Gasteiger charge is -2.30. The van der Waals surface area contributed by atoms with Gasteiger partial charge >= 0.3 is 0 Å². The highest BCUT2D eigenvalue weighted by Crippen LogP contribution is 2.29. The van der Waals surface area contributed by atoms with Crippen molar-refractivity contribution in [3.63, 3.8) is 0 Å². The summed E-state index contributed by atoms with van der Waals surface area (Å²) in [7, 11) is 4.65. The van der Waals surface area contributed by atoms with Gasteiger partial charge in [0.1, 0.15) is 5.69 Å². The Morgan fingerprint density at radius 2 is 1.58 bits per heavy atom. The molecule has 2 aromatic carbocycles. The van der Waals surface area contributed by atoms with E-state index in [9.17, 15) is 0 Å². The van der Waals surface area contributed by atoms with Gasteiger partial charge in [-0.15, -0.1) is 0 Å². The van der Waals surface area contributed by atoms with Crippen LogP contribution < -0.4 is 4.48 Å². The minimum Gasteiger partial charge on any atom is -0.295 e. The van der Waals surface area contributed by atoms with Crippen LogP contribution in [0.5, 0.6) is 0 Å². The van der Waals surface area contributed by atoms with Gasteiger partial charge in [0.05, 0.1) is 20.6 Å². The van der Waals surface area contributed by atoms with E-state index in [1.807, 2.05) is 0 Å². The van der Waals surface area contributed by atoms with Crippen molar-refractivity contribution in [1.29, 1.82) is 0 Å². The molecule has 0 aromatic heterocycles. The molecule has 1 nitrogen and oxygen atoms in total. The molecule has 19 heavy (non-hydrogen) atoms. The molecule has 0 saturated carbocycles. The van der Waals surface area contributed by atoms with Crippen molar-refractivity contribution in [2.45, 2.75) is 32.6 Å². The fourth-order valence-corrected chi connectivity index (χ4v) is 2.79. The van der Waals surface area contributed by atoms with Crippen LogP contribution in [0, 0.1) is 0 Å². The first-order valence-corrected chi connectivity index (χ1v) is 7.46. The van der Waals surface area contributed by atoms with E-state index in [0.29, 0.717) is 0 Å². The van der Waals surface area contributed by atoms with Gasteiger partial charge in [-0.05, 0) is 30.4 Å². The second-order valence-electron chi connectivity index (χ2n) is 5.97.